The number of carbonyl (C=O) groups is 2. The average Bonchev–Trinajstić information content (AvgIpc) is 2.91. The van der Waals surface area contributed by atoms with Gasteiger partial charge >= 0.3 is 0 Å². The van der Waals surface area contributed by atoms with Crippen molar-refractivity contribution in [3.8, 4) is 0 Å². The standard InChI is InChI=1S/C18H18BrN3O2S2/c1-9-6-7-11-13(8-9)26-17(14(11)15(20)23)22-18(25)21-16(24)10-4-2-3-5-12(10)19/h2-5,9H,6-8H2,1H3,(H2,20,23)(H2,21,22,24,25)/t9-/m1/s1. The molecule has 0 radical (unpaired) electrons. The van der Waals surface area contributed by atoms with Gasteiger partial charge in [-0.2, -0.15) is 0 Å². The van der Waals surface area contributed by atoms with E-state index in [1.54, 1.807) is 18.2 Å². The highest BCUT2D eigenvalue weighted by atomic mass is 79.9. The fraction of sp³-hybridized carbons (Fsp3) is 0.278. The van der Waals surface area contributed by atoms with Gasteiger partial charge in [-0.3, -0.25) is 14.9 Å². The van der Waals surface area contributed by atoms with E-state index in [4.69, 9.17) is 18.0 Å². The van der Waals surface area contributed by atoms with Crippen molar-refractivity contribution in [1.82, 2.24) is 5.32 Å². The quantitative estimate of drug-likeness (QED) is 0.618. The molecule has 1 heterocycles. The van der Waals surface area contributed by atoms with Crippen molar-refractivity contribution in [3.05, 3.63) is 50.3 Å². The molecule has 0 spiro atoms. The maximum Gasteiger partial charge on any atom is 0.258 e. The molecule has 26 heavy (non-hydrogen) atoms. The van der Waals surface area contributed by atoms with E-state index >= 15 is 0 Å². The fourth-order valence-corrected chi connectivity index (χ4v) is 5.19. The number of hydrogen-bond acceptors (Lipinski definition) is 4. The van der Waals surface area contributed by atoms with Crippen LogP contribution in [0, 0.1) is 5.92 Å². The summed E-state index contributed by atoms with van der Waals surface area (Å²) < 4.78 is 0.679. The van der Waals surface area contributed by atoms with Crippen LogP contribution in [0.15, 0.2) is 28.7 Å². The SMILES string of the molecule is C[C@@H]1CCc2c(sc(NC(=S)NC(=O)c3ccccc3Br)c2C(N)=O)C1. The number of halogens is 1. The number of thiocarbonyl (C=S) groups is 1. The first-order chi connectivity index (χ1) is 12.4. The van der Waals surface area contributed by atoms with Gasteiger partial charge in [0, 0.05) is 9.35 Å². The Bertz CT molecular complexity index is 895. The van der Waals surface area contributed by atoms with Crippen LogP contribution < -0.4 is 16.4 Å². The zero-order valence-electron chi connectivity index (χ0n) is 14.1. The Labute approximate surface area is 169 Å². The van der Waals surface area contributed by atoms with Crippen LogP contribution in [0.25, 0.3) is 0 Å². The maximum atomic E-state index is 12.4. The summed E-state index contributed by atoms with van der Waals surface area (Å²) in [5, 5.41) is 6.38. The summed E-state index contributed by atoms with van der Waals surface area (Å²) in [5.41, 5.74) is 7.59. The van der Waals surface area contributed by atoms with E-state index in [2.05, 4.69) is 33.5 Å². The number of nitrogens with one attached hydrogen (secondary N) is 2. The first kappa shape index (κ1) is 19.0. The fourth-order valence-electron chi connectivity index (χ4n) is 3.05. The van der Waals surface area contributed by atoms with Crippen LogP contribution in [0.5, 0.6) is 0 Å². The Morgan fingerprint density at radius 1 is 1.35 bits per heavy atom. The molecule has 0 bridgehead atoms. The number of amides is 2. The lowest BCUT2D eigenvalue weighted by Crippen LogP contribution is -2.34. The van der Waals surface area contributed by atoms with Crippen molar-refractivity contribution in [2.45, 2.75) is 26.2 Å². The van der Waals surface area contributed by atoms with Crippen LogP contribution in [0.4, 0.5) is 5.00 Å². The highest BCUT2D eigenvalue weighted by Gasteiger charge is 2.27. The van der Waals surface area contributed by atoms with Crippen molar-refractivity contribution in [3.63, 3.8) is 0 Å². The largest absolute Gasteiger partial charge is 0.365 e. The number of nitrogens with two attached hydrogens (primary N) is 1. The van der Waals surface area contributed by atoms with E-state index in [0.717, 1.165) is 24.8 Å². The molecule has 0 aliphatic heterocycles. The molecule has 1 aliphatic carbocycles. The summed E-state index contributed by atoms with van der Waals surface area (Å²) in [4.78, 5) is 25.5. The van der Waals surface area contributed by atoms with Gasteiger partial charge in [0.15, 0.2) is 5.11 Å². The van der Waals surface area contributed by atoms with Crippen LogP contribution in [0.1, 0.15) is 44.5 Å². The number of carbonyl (C=O) groups excluding carboxylic acids is 2. The number of benzene rings is 1. The third-order valence-corrected chi connectivity index (χ3v) is 6.40. The number of thiophene rings is 1. The van der Waals surface area contributed by atoms with Gasteiger partial charge in [-0.15, -0.1) is 11.3 Å². The van der Waals surface area contributed by atoms with E-state index in [-0.39, 0.29) is 11.0 Å². The lowest BCUT2D eigenvalue weighted by atomic mass is 9.88. The number of primary amides is 1. The molecule has 2 aromatic rings. The summed E-state index contributed by atoms with van der Waals surface area (Å²) in [6.45, 7) is 2.20. The van der Waals surface area contributed by atoms with Crippen LogP contribution in [0.3, 0.4) is 0 Å². The second-order valence-corrected chi connectivity index (χ2v) is 8.68. The van der Waals surface area contributed by atoms with Gasteiger partial charge in [-0.1, -0.05) is 19.1 Å². The van der Waals surface area contributed by atoms with Crippen LogP contribution >= 0.6 is 39.5 Å². The molecule has 1 atom stereocenters. The second kappa shape index (κ2) is 7.85. The molecule has 5 nitrogen and oxygen atoms in total. The summed E-state index contributed by atoms with van der Waals surface area (Å²) in [6.07, 6.45) is 2.80. The predicted molar refractivity (Wildman–Crippen MR) is 112 cm³/mol. The van der Waals surface area contributed by atoms with Gasteiger partial charge < -0.3 is 11.1 Å². The summed E-state index contributed by atoms with van der Waals surface area (Å²) in [5.74, 6) is -0.221. The van der Waals surface area contributed by atoms with E-state index in [1.165, 1.54) is 16.2 Å². The van der Waals surface area contributed by atoms with Gasteiger partial charge in [0.1, 0.15) is 5.00 Å². The molecule has 1 aliphatic rings. The molecule has 4 N–H and O–H groups in total. The molecule has 2 amide bonds. The van der Waals surface area contributed by atoms with Gasteiger partial charge in [-0.25, -0.2) is 0 Å². The maximum absolute atomic E-state index is 12.4. The third kappa shape index (κ3) is 3.97. The number of fused-ring (bicyclic) bond motifs is 1. The zero-order valence-corrected chi connectivity index (χ0v) is 17.3. The molecule has 0 saturated heterocycles. The Balaban J connectivity index is 1.78. The van der Waals surface area contributed by atoms with E-state index in [9.17, 15) is 9.59 Å². The first-order valence-electron chi connectivity index (χ1n) is 8.18. The normalized spacial score (nSPS) is 15.8. The molecular weight excluding hydrogens is 434 g/mol. The first-order valence-corrected chi connectivity index (χ1v) is 10.2. The van der Waals surface area contributed by atoms with Crippen molar-refractivity contribution < 1.29 is 9.59 Å². The molecule has 0 fully saturated rings. The van der Waals surface area contributed by atoms with Crippen molar-refractivity contribution >= 4 is 61.4 Å². The van der Waals surface area contributed by atoms with E-state index < -0.39 is 5.91 Å². The minimum absolute atomic E-state index is 0.139. The van der Waals surface area contributed by atoms with Crippen molar-refractivity contribution in [1.29, 1.82) is 0 Å². The van der Waals surface area contributed by atoms with Crippen molar-refractivity contribution in [2.24, 2.45) is 11.7 Å². The predicted octanol–water partition coefficient (Wildman–Crippen LogP) is 3.86. The monoisotopic (exact) mass is 451 g/mol. The Morgan fingerprint density at radius 3 is 2.77 bits per heavy atom. The van der Waals surface area contributed by atoms with E-state index in [0.29, 0.717) is 26.5 Å². The lowest BCUT2D eigenvalue weighted by Gasteiger charge is -2.18. The Morgan fingerprint density at radius 2 is 2.08 bits per heavy atom. The summed E-state index contributed by atoms with van der Waals surface area (Å²) >= 11 is 10.1. The van der Waals surface area contributed by atoms with Crippen LogP contribution in [-0.2, 0) is 12.8 Å². The Hall–Kier alpha value is -1.77. The summed E-state index contributed by atoms with van der Waals surface area (Å²) in [7, 11) is 0. The minimum atomic E-state index is -0.473. The van der Waals surface area contributed by atoms with Crippen LogP contribution in [-0.4, -0.2) is 16.9 Å². The van der Waals surface area contributed by atoms with E-state index in [1.807, 2.05) is 6.07 Å². The van der Waals surface area contributed by atoms with Gasteiger partial charge in [0.05, 0.1) is 11.1 Å². The molecule has 0 unspecified atom stereocenters. The minimum Gasteiger partial charge on any atom is -0.365 e. The lowest BCUT2D eigenvalue weighted by molar-refractivity contribution is 0.0974. The van der Waals surface area contributed by atoms with Crippen LogP contribution in [0.2, 0.25) is 0 Å². The molecular formula is C18H18BrN3O2S2. The molecule has 1 aromatic heterocycles. The van der Waals surface area contributed by atoms with Gasteiger partial charge in [0.2, 0.25) is 0 Å². The molecule has 3 rings (SSSR count). The highest BCUT2D eigenvalue weighted by molar-refractivity contribution is 9.10. The Kier molecular flexibility index (Phi) is 5.74. The topological polar surface area (TPSA) is 84.2 Å². The molecule has 0 saturated carbocycles. The zero-order chi connectivity index (χ0) is 18.8. The molecule has 1 aromatic carbocycles. The molecule has 136 valence electrons. The summed E-state index contributed by atoms with van der Waals surface area (Å²) in [6, 6.07) is 7.08. The molecule has 8 heteroatoms. The smallest absolute Gasteiger partial charge is 0.258 e. The number of anilines is 1. The average molecular weight is 452 g/mol. The van der Waals surface area contributed by atoms with Gasteiger partial charge in [0.25, 0.3) is 11.8 Å². The van der Waals surface area contributed by atoms with Crippen molar-refractivity contribution in [2.75, 3.05) is 5.32 Å². The third-order valence-electron chi connectivity index (χ3n) is 4.33. The second-order valence-electron chi connectivity index (χ2n) is 6.31. The number of hydrogen-bond donors (Lipinski definition) is 3. The van der Waals surface area contributed by atoms with Gasteiger partial charge in [-0.05, 0) is 71.0 Å². The highest BCUT2D eigenvalue weighted by Crippen LogP contribution is 2.39. The number of rotatable bonds is 3.